The molecule has 3 N–H and O–H groups in total. The van der Waals surface area contributed by atoms with Gasteiger partial charge in [0, 0.05) is 18.6 Å². The first kappa shape index (κ1) is 13.1. The largest absolute Gasteiger partial charge is 0.466 e. The maximum atomic E-state index is 12.0. The number of aliphatic hydroxyl groups is 2. The Hall–Kier alpha value is -1.33. The molecule has 0 radical (unpaired) electrons. The van der Waals surface area contributed by atoms with Crippen molar-refractivity contribution in [3.63, 3.8) is 0 Å². The van der Waals surface area contributed by atoms with Gasteiger partial charge in [-0.1, -0.05) is 0 Å². The topological polar surface area (TPSA) is 82.7 Å². The molecule has 0 saturated heterocycles. The van der Waals surface area contributed by atoms with Gasteiger partial charge in [0.2, 0.25) is 0 Å². The third-order valence-electron chi connectivity index (χ3n) is 3.51. The van der Waals surface area contributed by atoms with Crippen molar-refractivity contribution in [3.8, 4) is 0 Å². The SMILES string of the molecule is Cc1cc(C(=O)N[C@H]2C[C@@H](CO)[C@H](O)C2)c(C)o1. The summed E-state index contributed by atoms with van der Waals surface area (Å²) in [6.07, 6.45) is 0.569. The normalized spacial score (nSPS) is 27.4. The van der Waals surface area contributed by atoms with E-state index in [-0.39, 0.29) is 24.5 Å². The maximum absolute atomic E-state index is 12.0. The molecule has 0 unspecified atom stereocenters. The van der Waals surface area contributed by atoms with Crippen LogP contribution in [0, 0.1) is 19.8 Å². The second kappa shape index (κ2) is 5.12. The van der Waals surface area contributed by atoms with Gasteiger partial charge in [0.1, 0.15) is 11.5 Å². The summed E-state index contributed by atoms with van der Waals surface area (Å²) in [7, 11) is 0. The lowest BCUT2D eigenvalue weighted by Crippen LogP contribution is -2.33. The van der Waals surface area contributed by atoms with Crippen LogP contribution in [0.3, 0.4) is 0 Å². The molecule has 1 heterocycles. The van der Waals surface area contributed by atoms with Crippen molar-refractivity contribution in [2.24, 2.45) is 5.92 Å². The maximum Gasteiger partial charge on any atom is 0.255 e. The van der Waals surface area contributed by atoms with E-state index in [9.17, 15) is 9.90 Å². The number of aliphatic hydroxyl groups excluding tert-OH is 2. The molecule has 1 saturated carbocycles. The molecule has 1 amide bonds. The van der Waals surface area contributed by atoms with Gasteiger partial charge in [-0.2, -0.15) is 0 Å². The molecule has 1 aliphatic rings. The molecule has 1 fully saturated rings. The first-order chi connectivity index (χ1) is 8.51. The van der Waals surface area contributed by atoms with Gasteiger partial charge in [-0.3, -0.25) is 4.79 Å². The van der Waals surface area contributed by atoms with Crippen molar-refractivity contribution >= 4 is 5.91 Å². The van der Waals surface area contributed by atoms with Crippen molar-refractivity contribution in [2.45, 2.75) is 38.8 Å². The number of hydrogen-bond donors (Lipinski definition) is 3. The molecular weight excluding hydrogens is 234 g/mol. The minimum Gasteiger partial charge on any atom is -0.466 e. The molecule has 100 valence electrons. The average molecular weight is 253 g/mol. The molecule has 3 atom stereocenters. The number of amides is 1. The highest BCUT2D eigenvalue weighted by molar-refractivity contribution is 5.95. The van der Waals surface area contributed by atoms with Crippen LogP contribution >= 0.6 is 0 Å². The predicted molar refractivity (Wildman–Crippen MR) is 65.3 cm³/mol. The highest BCUT2D eigenvalue weighted by atomic mass is 16.3. The molecule has 5 nitrogen and oxygen atoms in total. The monoisotopic (exact) mass is 253 g/mol. The van der Waals surface area contributed by atoms with Gasteiger partial charge in [-0.05, 0) is 32.8 Å². The molecule has 5 heteroatoms. The van der Waals surface area contributed by atoms with Crippen LogP contribution in [-0.2, 0) is 0 Å². The Labute approximate surface area is 106 Å². The summed E-state index contributed by atoms with van der Waals surface area (Å²) < 4.78 is 5.31. The van der Waals surface area contributed by atoms with Crippen LogP contribution in [0.15, 0.2) is 10.5 Å². The summed E-state index contributed by atoms with van der Waals surface area (Å²) >= 11 is 0. The summed E-state index contributed by atoms with van der Waals surface area (Å²) in [5, 5.41) is 21.6. The zero-order valence-electron chi connectivity index (χ0n) is 10.6. The molecular formula is C13H19NO4. The van der Waals surface area contributed by atoms with Crippen molar-refractivity contribution < 1.29 is 19.4 Å². The first-order valence-corrected chi connectivity index (χ1v) is 6.18. The van der Waals surface area contributed by atoms with Crippen molar-refractivity contribution in [1.29, 1.82) is 0 Å². The molecule has 2 rings (SSSR count). The second-order valence-corrected chi connectivity index (χ2v) is 4.98. The predicted octanol–water partition coefficient (Wildman–Crippen LogP) is 0.758. The van der Waals surface area contributed by atoms with Crippen molar-refractivity contribution in [1.82, 2.24) is 5.32 Å². The number of carbonyl (C=O) groups excluding carboxylic acids is 1. The number of furan rings is 1. The third kappa shape index (κ3) is 2.57. The second-order valence-electron chi connectivity index (χ2n) is 4.98. The fourth-order valence-electron chi connectivity index (χ4n) is 2.54. The summed E-state index contributed by atoms with van der Waals surface area (Å²) in [4.78, 5) is 12.0. The van der Waals surface area contributed by atoms with Crippen LogP contribution in [0.2, 0.25) is 0 Å². The lowest BCUT2D eigenvalue weighted by atomic mass is 10.1. The van der Waals surface area contributed by atoms with E-state index < -0.39 is 6.10 Å². The molecule has 0 aromatic carbocycles. The lowest BCUT2D eigenvalue weighted by molar-refractivity contribution is 0.0903. The van der Waals surface area contributed by atoms with E-state index in [1.54, 1.807) is 19.9 Å². The van der Waals surface area contributed by atoms with E-state index in [4.69, 9.17) is 9.52 Å². The molecule has 0 spiro atoms. The van der Waals surface area contributed by atoms with E-state index in [1.807, 2.05) is 0 Å². The van der Waals surface area contributed by atoms with Crippen LogP contribution in [0.4, 0.5) is 0 Å². The van der Waals surface area contributed by atoms with E-state index in [0.717, 1.165) is 0 Å². The smallest absolute Gasteiger partial charge is 0.255 e. The molecule has 1 aliphatic carbocycles. The summed E-state index contributed by atoms with van der Waals surface area (Å²) in [5.41, 5.74) is 0.537. The number of aryl methyl sites for hydroxylation is 2. The van der Waals surface area contributed by atoms with Gasteiger partial charge in [0.05, 0.1) is 11.7 Å². The zero-order valence-corrected chi connectivity index (χ0v) is 10.6. The third-order valence-corrected chi connectivity index (χ3v) is 3.51. The van der Waals surface area contributed by atoms with Crippen LogP contribution in [0.1, 0.15) is 34.7 Å². The fourth-order valence-corrected chi connectivity index (χ4v) is 2.54. The average Bonchev–Trinajstić information content (AvgIpc) is 2.81. The zero-order chi connectivity index (χ0) is 13.3. The molecule has 18 heavy (non-hydrogen) atoms. The minimum absolute atomic E-state index is 0.0443. The standard InChI is InChI=1S/C13H19NO4/c1-7-3-11(8(2)18-7)13(17)14-10-4-9(6-15)12(16)5-10/h3,9-10,12,15-16H,4-6H2,1-2H3,(H,14,17)/t9-,10-,12+/m0/s1. The van der Waals surface area contributed by atoms with Gasteiger partial charge < -0.3 is 19.9 Å². The van der Waals surface area contributed by atoms with Gasteiger partial charge in [0.15, 0.2) is 0 Å². The summed E-state index contributed by atoms with van der Waals surface area (Å²) in [6, 6.07) is 1.62. The quantitative estimate of drug-likeness (QED) is 0.742. The van der Waals surface area contributed by atoms with Gasteiger partial charge in [0.25, 0.3) is 5.91 Å². The summed E-state index contributed by atoms with van der Waals surface area (Å²) in [5.74, 6) is 0.988. The molecule has 0 aliphatic heterocycles. The number of carbonyl (C=O) groups is 1. The molecule has 1 aromatic heterocycles. The van der Waals surface area contributed by atoms with Gasteiger partial charge in [-0.15, -0.1) is 0 Å². The van der Waals surface area contributed by atoms with Gasteiger partial charge >= 0.3 is 0 Å². The van der Waals surface area contributed by atoms with Gasteiger partial charge in [-0.25, -0.2) is 0 Å². The Morgan fingerprint density at radius 2 is 2.22 bits per heavy atom. The Kier molecular flexibility index (Phi) is 3.73. The number of rotatable bonds is 3. The molecule has 0 bridgehead atoms. The van der Waals surface area contributed by atoms with Crippen LogP contribution in [0.25, 0.3) is 0 Å². The number of nitrogens with one attached hydrogen (secondary N) is 1. The highest BCUT2D eigenvalue weighted by Crippen LogP contribution is 2.26. The van der Waals surface area contributed by atoms with E-state index in [2.05, 4.69) is 5.32 Å². The lowest BCUT2D eigenvalue weighted by Gasteiger charge is -2.11. The Morgan fingerprint density at radius 1 is 1.50 bits per heavy atom. The van der Waals surface area contributed by atoms with Crippen LogP contribution in [-0.4, -0.2) is 34.9 Å². The Bertz CT molecular complexity index is 440. The fraction of sp³-hybridized carbons (Fsp3) is 0.615. The van der Waals surface area contributed by atoms with Crippen molar-refractivity contribution in [2.75, 3.05) is 6.61 Å². The number of hydrogen-bond acceptors (Lipinski definition) is 4. The van der Waals surface area contributed by atoms with E-state index in [0.29, 0.717) is 29.9 Å². The molecule has 1 aromatic rings. The Morgan fingerprint density at radius 3 is 2.72 bits per heavy atom. The van der Waals surface area contributed by atoms with E-state index in [1.165, 1.54) is 0 Å². The van der Waals surface area contributed by atoms with Crippen LogP contribution in [0.5, 0.6) is 0 Å². The Balaban J connectivity index is 1.99. The summed E-state index contributed by atoms with van der Waals surface area (Å²) in [6.45, 7) is 3.50. The highest BCUT2D eigenvalue weighted by Gasteiger charge is 2.33. The first-order valence-electron chi connectivity index (χ1n) is 6.18. The van der Waals surface area contributed by atoms with E-state index >= 15 is 0 Å². The minimum atomic E-state index is -0.535. The van der Waals surface area contributed by atoms with Crippen molar-refractivity contribution in [3.05, 3.63) is 23.2 Å². The van der Waals surface area contributed by atoms with Crippen LogP contribution < -0.4 is 5.32 Å².